The molecule has 6 heteroatoms. The lowest BCUT2D eigenvalue weighted by atomic mass is 10.2. The maximum atomic E-state index is 12.0. The van der Waals surface area contributed by atoms with Gasteiger partial charge in [0.1, 0.15) is 17.8 Å². The van der Waals surface area contributed by atoms with Crippen LogP contribution in [0.3, 0.4) is 0 Å². The first-order chi connectivity index (χ1) is 9.74. The molecule has 0 spiro atoms. The van der Waals surface area contributed by atoms with E-state index in [1.54, 1.807) is 6.33 Å². The van der Waals surface area contributed by atoms with Crippen LogP contribution in [0.25, 0.3) is 10.9 Å². The number of fused-ring (bicyclic) bond motifs is 1. The minimum atomic E-state index is -0.108. The zero-order chi connectivity index (χ0) is 13.9. The summed E-state index contributed by atoms with van der Waals surface area (Å²) in [6, 6.07) is 9.67. The molecule has 3 rings (SSSR count). The van der Waals surface area contributed by atoms with Gasteiger partial charge in [-0.15, -0.1) is 10.2 Å². The zero-order valence-corrected chi connectivity index (χ0v) is 11.1. The molecule has 1 aromatic carbocycles. The lowest BCUT2D eigenvalue weighted by molar-refractivity contribution is 0.0950. The Kier molecular flexibility index (Phi) is 3.20. The van der Waals surface area contributed by atoms with Gasteiger partial charge in [-0.1, -0.05) is 18.2 Å². The molecule has 0 bridgehead atoms. The van der Waals surface area contributed by atoms with Crippen molar-refractivity contribution in [3.8, 4) is 0 Å². The van der Waals surface area contributed by atoms with Gasteiger partial charge in [-0.3, -0.25) is 4.79 Å². The summed E-state index contributed by atoms with van der Waals surface area (Å²) in [5, 5.41) is 11.7. The third-order valence-electron chi connectivity index (χ3n) is 3.21. The number of nitrogens with zero attached hydrogens (tertiary/aromatic N) is 3. The predicted molar refractivity (Wildman–Crippen MR) is 75.3 cm³/mol. The molecular weight excluding hydrogens is 254 g/mol. The second kappa shape index (κ2) is 5.16. The van der Waals surface area contributed by atoms with Crippen LogP contribution in [0.4, 0.5) is 0 Å². The molecule has 0 fully saturated rings. The summed E-state index contributed by atoms with van der Waals surface area (Å²) in [4.78, 5) is 15.1. The second-order valence-corrected chi connectivity index (χ2v) is 4.63. The number of aryl methyl sites for hydroxylation is 1. The number of H-pyrrole nitrogens is 1. The van der Waals surface area contributed by atoms with E-state index in [-0.39, 0.29) is 5.91 Å². The first-order valence-corrected chi connectivity index (χ1v) is 6.43. The average Bonchev–Trinajstić information content (AvgIpc) is 3.05. The Morgan fingerprint density at radius 1 is 1.40 bits per heavy atom. The smallest absolute Gasteiger partial charge is 0.267 e. The van der Waals surface area contributed by atoms with E-state index >= 15 is 0 Å². The minimum absolute atomic E-state index is 0.108. The van der Waals surface area contributed by atoms with Crippen LogP contribution >= 0.6 is 0 Å². The molecular formula is C14H15N5O. The monoisotopic (exact) mass is 269 g/mol. The number of rotatable bonds is 4. The van der Waals surface area contributed by atoms with Crippen molar-refractivity contribution in [3.63, 3.8) is 0 Å². The Hall–Kier alpha value is -2.63. The highest BCUT2D eigenvalue weighted by Crippen LogP contribution is 2.14. The predicted octanol–water partition coefficient (Wildman–Crippen LogP) is 1.27. The fraction of sp³-hybridized carbons (Fsp3) is 0.214. The zero-order valence-electron chi connectivity index (χ0n) is 11.1. The fourth-order valence-corrected chi connectivity index (χ4v) is 2.11. The molecule has 0 radical (unpaired) electrons. The van der Waals surface area contributed by atoms with Gasteiger partial charge < -0.3 is 14.9 Å². The molecule has 0 aliphatic carbocycles. The summed E-state index contributed by atoms with van der Waals surface area (Å²) in [5.41, 5.74) is 1.54. The van der Waals surface area contributed by atoms with Crippen LogP contribution in [0.5, 0.6) is 0 Å². The van der Waals surface area contributed by atoms with Crippen LogP contribution in [0.15, 0.2) is 36.7 Å². The molecule has 0 saturated carbocycles. The van der Waals surface area contributed by atoms with Gasteiger partial charge in [-0.05, 0) is 12.1 Å². The fourth-order valence-electron chi connectivity index (χ4n) is 2.11. The van der Waals surface area contributed by atoms with Crippen molar-refractivity contribution in [1.82, 2.24) is 25.1 Å². The number of benzene rings is 1. The summed E-state index contributed by atoms with van der Waals surface area (Å²) in [7, 11) is 1.88. The summed E-state index contributed by atoms with van der Waals surface area (Å²) >= 11 is 0. The van der Waals surface area contributed by atoms with E-state index < -0.39 is 0 Å². The lowest BCUT2D eigenvalue weighted by Crippen LogP contribution is -2.26. The molecule has 1 amide bonds. The molecule has 3 aromatic rings. The van der Waals surface area contributed by atoms with Crippen molar-refractivity contribution in [3.05, 3.63) is 48.2 Å². The van der Waals surface area contributed by atoms with E-state index in [2.05, 4.69) is 20.5 Å². The Morgan fingerprint density at radius 2 is 2.25 bits per heavy atom. The van der Waals surface area contributed by atoms with Gasteiger partial charge in [-0.2, -0.15) is 0 Å². The molecule has 20 heavy (non-hydrogen) atoms. The number of hydrogen-bond acceptors (Lipinski definition) is 3. The highest BCUT2D eigenvalue weighted by Gasteiger charge is 2.09. The van der Waals surface area contributed by atoms with Crippen LogP contribution in [0.2, 0.25) is 0 Å². The van der Waals surface area contributed by atoms with Crippen molar-refractivity contribution in [2.24, 2.45) is 7.05 Å². The third kappa shape index (κ3) is 2.40. The Bertz CT molecular complexity index is 710. The molecule has 2 N–H and O–H groups in total. The topological polar surface area (TPSA) is 75.6 Å². The summed E-state index contributed by atoms with van der Waals surface area (Å²) in [6.07, 6.45) is 2.30. The van der Waals surface area contributed by atoms with Gasteiger partial charge in [0.05, 0.1) is 0 Å². The van der Waals surface area contributed by atoms with Crippen LogP contribution in [-0.4, -0.2) is 32.2 Å². The number of aromatic amines is 1. The van der Waals surface area contributed by atoms with Crippen molar-refractivity contribution < 1.29 is 4.79 Å². The second-order valence-electron chi connectivity index (χ2n) is 4.63. The number of aromatic nitrogens is 4. The van der Waals surface area contributed by atoms with Crippen LogP contribution in [-0.2, 0) is 13.5 Å². The summed E-state index contributed by atoms with van der Waals surface area (Å²) in [5.74, 6) is 0.741. The van der Waals surface area contributed by atoms with Gasteiger partial charge in [0.15, 0.2) is 0 Å². The molecule has 0 atom stereocenters. The SMILES string of the molecule is Cn1cnnc1CCNC(=O)c1cc2ccccc2[nH]1. The molecule has 0 aliphatic heterocycles. The van der Waals surface area contributed by atoms with E-state index in [0.717, 1.165) is 16.7 Å². The molecule has 6 nitrogen and oxygen atoms in total. The number of carbonyl (C=O) groups is 1. The normalized spacial score (nSPS) is 10.8. The Morgan fingerprint density at radius 3 is 3.00 bits per heavy atom. The van der Waals surface area contributed by atoms with Crippen molar-refractivity contribution in [2.75, 3.05) is 6.54 Å². The summed E-state index contributed by atoms with van der Waals surface area (Å²) in [6.45, 7) is 0.529. The first-order valence-electron chi connectivity index (χ1n) is 6.43. The van der Waals surface area contributed by atoms with Crippen LogP contribution < -0.4 is 5.32 Å². The van der Waals surface area contributed by atoms with Gasteiger partial charge in [0.2, 0.25) is 0 Å². The Balaban J connectivity index is 1.63. The molecule has 2 heterocycles. The minimum Gasteiger partial charge on any atom is -0.351 e. The molecule has 0 unspecified atom stereocenters. The van der Waals surface area contributed by atoms with Gasteiger partial charge in [0.25, 0.3) is 5.91 Å². The Labute approximate surface area is 115 Å². The quantitative estimate of drug-likeness (QED) is 0.749. The van der Waals surface area contributed by atoms with Crippen molar-refractivity contribution >= 4 is 16.8 Å². The lowest BCUT2D eigenvalue weighted by Gasteiger charge is -2.03. The van der Waals surface area contributed by atoms with Gasteiger partial charge in [-0.25, -0.2) is 0 Å². The third-order valence-corrected chi connectivity index (χ3v) is 3.21. The maximum absolute atomic E-state index is 12.0. The van der Waals surface area contributed by atoms with Crippen molar-refractivity contribution in [1.29, 1.82) is 0 Å². The summed E-state index contributed by atoms with van der Waals surface area (Å²) < 4.78 is 1.84. The molecule has 2 aromatic heterocycles. The largest absolute Gasteiger partial charge is 0.351 e. The molecule has 0 saturated heterocycles. The molecule has 0 aliphatic rings. The van der Waals surface area contributed by atoms with E-state index in [9.17, 15) is 4.79 Å². The average molecular weight is 269 g/mol. The molecule has 102 valence electrons. The van der Waals surface area contributed by atoms with E-state index in [1.165, 1.54) is 0 Å². The standard InChI is InChI=1S/C14H15N5O/c1-19-9-16-18-13(19)6-7-15-14(20)12-8-10-4-2-3-5-11(10)17-12/h2-5,8-9,17H,6-7H2,1H3,(H,15,20). The first kappa shape index (κ1) is 12.4. The number of carbonyl (C=O) groups excluding carboxylic acids is 1. The number of hydrogen-bond donors (Lipinski definition) is 2. The van der Waals surface area contributed by atoms with Crippen LogP contribution in [0.1, 0.15) is 16.3 Å². The maximum Gasteiger partial charge on any atom is 0.267 e. The highest BCUT2D eigenvalue weighted by molar-refractivity contribution is 5.97. The van der Waals surface area contributed by atoms with E-state index in [0.29, 0.717) is 18.7 Å². The van der Waals surface area contributed by atoms with E-state index in [1.807, 2.05) is 41.9 Å². The highest BCUT2D eigenvalue weighted by atomic mass is 16.1. The van der Waals surface area contributed by atoms with Crippen molar-refractivity contribution in [2.45, 2.75) is 6.42 Å². The van der Waals surface area contributed by atoms with Gasteiger partial charge in [0, 0.05) is 30.9 Å². The number of amides is 1. The van der Waals surface area contributed by atoms with Gasteiger partial charge >= 0.3 is 0 Å². The van der Waals surface area contributed by atoms with E-state index in [4.69, 9.17) is 0 Å². The number of para-hydroxylation sites is 1. The van der Waals surface area contributed by atoms with Crippen LogP contribution in [0, 0.1) is 0 Å². The number of nitrogens with one attached hydrogen (secondary N) is 2.